The number of aromatic nitrogens is 3. The predicted molar refractivity (Wildman–Crippen MR) is 156 cm³/mol. The van der Waals surface area contributed by atoms with Crippen LogP contribution < -0.4 is 5.56 Å². The lowest BCUT2D eigenvalue weighted by molar-refractivity contribution is -0.193. The molecule has 12 nitrogen and oxygen atoms in total. The second kappa shape index (κ2) is 16.4. The molecule has 1 spiro atoms. The lowest BCUT2D eigenvalue weighted by Gasteiger charge is -2.38. The average molecular weight is 748 g/mol. The van der Waals surface area contributed by atoms with Crippen molar-refractivity contribution in [3.8, 4) is 0 Å². The summed E-state index contributed by atoms with van der Waals surface area (Å²) in [5, 5.41) is 21.4. The van der Waals surface area contributed by atoms with Crippen LogP contribution in [0.1, 0.15) is 48.3 Å². The predicted octanol–water partition coefficient (Wildman–Crippen LogP) is 4.14. The number of aliphatic carboxylic acids is 3. The molecule has 0 unspecified atom stereocenters. The van der Waals surface area contributed by atoms with E-state index in [9.17, 15) is 44.3 Å². The largest absolute Gasteiger partial charge is 0.490 e. The molecule has 51 heavy (non-hydrogen) atoms. The minimum atomic E-state index is -5.08. The summed E-state index contributed by atoms with van der Waals surface area (Å²) in [5.41, 5.74) is 3.67. The van der Waals surface area contributed by atoms with Gasteiger partial charge in [0.2, 0.25) is 0 Å². The summed E-state index contributed by atoms with van der Waals surface area (Å²) in [5.74, 6) is -6.26. The van der Waals surface area contributed by atoms with Gasteiger partial charge in [-0.3, -0.25) is 19.2 Å². The van der Waals surface area contributed by atoms with Crippen LogP contribution in [0.2, 0.25) is 0 Å². The van der Waals surface area contributed by atoms with Crippen molar-refractivity contribution in [2.24, 2.45) is 11.3 Å². The highest BCUT2D eigenvalue weighted by atomic mass is 19.4. The molecule has 0 amide bonds. The first-order valence-corrected chi connectivity index (χ1v) is 15.4. The number of pyridine rings is 1. The van der Waals surface area contributed by atoms with E-state index in [2.05, 4.69) is 20.9 Å². The molecular formula is C30H34F9N5O7. The Morgan fingerprint density at radius 3 is 1.82 bits per heavy atom. The first kappa shape index (κ1) is 41.2. The summed E-state index contributed by atoms with van der Waals surface area (Å²) in [4.78, 5) is 54.4. The van der Waals surface area contributed by atoms with Gasteiger partial charge in [0.15, 0.2) is 0 Å². The number of piperidine rings is 1. The Morgan fingerprint density at radius 1 is 0.843 bits per heavy atom. The van der Waals surface area contributed by atoms with E-state index in [-0.39, 0.29) is 11.0 Å². The molecule has 0 aromatic carbocycles. The van der Waals surface area contributed by atoms with E-state index in [0.29, 0.717) is 6.54 Å². The van der Waals surface area contributed by atoms with Gasteiger partial charge in [-0.2, -0.15) is 39.5 Å². The monoisotopic (exact) mass is 747 g/mol. The van der Waals surface area contributed by atoms with Crippen LogP contribution in [-0.2, 0) is 46.9 Å². The van der Waals surface area contributed by atoms with Crippen molar-refractivity contribution in [3.05, 3.63) is 57.5 Å². The Kier molecular flexibility index (Phi) is 13.2. The molecule has 2 aromatic rings. The van der Waals surface area contributed by atoms with E-state index >= 15 is 0 Å². The molecule has 284 valence electrons. The van der Waals surface area contributed by atoms with Crippen molar-refractivity contribution < 1.29 is 69.2 Å². The maximum Gasteiger partial charge on any atom is 0.490 e. The molecule has 3 aliphatic heterocycles. The lowest BCUT2D eigenvalue weighted by Crippen LogP contribution is -2.42. The van der Waals surface area contributed by atoms with Crippen LogP contribution in [0.5, 0.6) is 0 Å². The Hall–Kier alpha value is -4.27. The van der Waals surface area contributed by atoms with Gasteiger partial charge in [-0.1, -0.05) is 6.07 Å². The smallest absolute Gasteiger partial charge is 0.475 e. The molecule has 21 heteroatoms. The third-order valence-electron chi connectivity index (χ3n) is 8.49. The quantitative estimate of drug-likeness (QED) is 0.385. The second-order valence-electron chi connectivity index (χ2n) is 12.5. The molecule has 0 bridgehead atoms. The summed E-state index contributed by atoms with van der Waals surface area (Å²) in [6.07, 6.45) is -4.39. The van der Waals surface area contributed by atoms with Crippen molar-refractivity contribution in [2.75, 3.05) is 26.2 Å². The van der Waals surface area contributed by atoms with Gasteiger partial charge in [0.25, 0.3) is 5.56 Å². The molecule has 6 rings (SSSR count). The van der Waals surface area contributed by atoms with Gasteiger partial charge in [-0.05, 0) is 61.7 Å². The number of carboxylic acid groups (broad SMARTS) is 3. The van der Waals surface area contributed by atoms with Crippen LogP contribution in [0, 0.1) is 11.3 Å². The summed E-state index contributed by atoms with van der Waals surface area (Å²) in [6, 6.07) is 4.08. The summed E-state index contributed by atoms with van der Waals surface area (Å²) in [6.45, 7) is 7.06. The Bertz CT molecular complexity index is 1530. The van der Waals surface area contributed by atoms with E-state index < -0.39 is 36.4 Å². The molecular weight excluding hydrogens is 713 g/mol. The topological polar surface area (TPSA) is 166 Å². The van der Waals surface area contributed by atoms with Crippen LogP contribution >= 0.6 is 0 Å². The van der Waals surface area contributed by atoms with Crippen molar-refractivity contribution in [2.45, 2.75) is 76.7 Å². The van der Waals surface area contributed by atoms with Gasteiger partial charge in [-0.15, -0.1) is 0 Å². The Morgan fingerprint density at radius 2 is 1.37 bits per heavy atom. The highest BCUT2D eigenvalue weighted by molar-refractivity contribution is 5.73. The van der Waals surface area contributed by atoms with Crippen LogP contribution in [0.4, 0.5) is 39.5 Å². The zero-order valence-electron chi connectivity index (χ0n) is 26.7. The van der Waals surface area contributed by atoms with Gasteiger partial charge in [-0.25, -0.2) is 19.4 Å². The van der Waals surface area contributed by atoms with Crippen LogP contribution in [0.25, 0.3) is 0 Å². The van der Waals surface area contributed by atoms with Crippen molar-refractivity contribution >= 4 is 17.9 Å². The molecule has 2 aromatic heterocycles. The molecule has 3 N–H and O–H groups in total. The number of carboxylic acids is 3. The Labute approximate surface area is 283 Å². The third kappa shape index (κ3) is 12.5. The number of alkyl halides is 9. The van der Waals surface area contributed by atoms with Gasteiger partial charge < -0.3 is 20.2 Å². The molecule has 4 aliphatic rings. The number of likely N-dealkylation sites (tertiary alicyclic amines) is 1. The number of nitrogens with zero attached hydrogens (tertiary/aromatic N) is 5. The number of rotatable bonds is 4. The normalized spacial score (nSPS) is 18.5. The summed E-state index contributed by atoms with van der Waals surface area (Å²) < 4.78 is 97.2. The zero-order valence-corrected chi connectivity index (χ0v) is 26.7. The van der Waals surface area contributed by atoms with E-state index in [0.717, 1.165) is 55.5 Å². The van der Waals surface area contributed by atoms with Crippen LogP contribution in [-0.4, -0.2) is 102 Å². The summed E-state index contributed by atoms with van der Waals surface area (Å²) >= 11 is 0. The van der Waals surface area contributed by atoms with Crippen LogP contribution in [0.15, 0.2) is 29.3 Å². The first-order valence-electron chi connectivity index (χ1n) is 15.4. The van der Waals surface area contributed by atoms with Crippen molar-refractivity contribution in [3.63, 3.8) is 0 Å². The van der Waals surface area contributed by atoms with E-state index in [1.165, 1.54) is 50.9 Å². The van der Waals surface area contributed by atoms with Gasteiger partial charge in [0, 0.05) is 58.0 Å². The average Bonchev–Trinajstić information content (AvgIpc) is 3.78. The highest BCUT2D eigenvalue weighted by Crippen LogP contribution is 2.41. The molecule has 1 aliphatic carbocycles. The number of carbonyl (C=O) groups is 3. The second-order valence-corrected chi connectivity index (χ2v) is 12.5. The number of hydrogen-bond donors (Lipinski definition) is 3. The zero-order chi connectivity index (χ0) is 38.4. The standard InChI is InChI=1S/C24H31N5O.3C2HF3O2/c30-23-20-16-28(15-19-2-1-8-25-13-19)9-5-21(20)26-22-12-24(17-29(22)23)6-10-27(11-7-24)14-18-3-4-18;3*3-2(4,5)1(6)7/h1-2,8,13,18H,3-7,9-12,14-17H2;3*(H,6,7). The number of halogens is 9. The van der Waals surface area contributed by atoms with Gasteiger partial charge in [0.1, 0.15) is 5.82 Å². The number of fused-ring (bicyclic) bond motifs is 2. The Balaban J connectivity index is 0.000000275. The van der Waals surface area contributed by atoms with E-state index in [1.807, 2.05) is 16.8 Å². The SMILES string of the molecule is O=C(O)C(F)(F)F.O=C(O)C(F)(F)F.O=C(O)C(F)(F)F.O=c1c2c(nc3n1CC1(CCN(CC4CC4)CC1)C3)CCN(Cc1cccnc1)C2. The fourth-order valence-corrected chi connectivity index (χ4v) is 5.74. The lowest BCUT2D eigenvalue weighted by atomic mass is 9.77. The molecule has 1 saturated carbocycles. The minimum absolute atomic E-state index is 0.225. The molecule has 0 radical (unpaired) electrons. The van der Waals surface area contributed by atoms with Gasteiger partial charge in [0.05, 0.1) is 11.3 Å². The number of hydrogen-bond acceptors (Lipinski definition) is 8. The maximum absolute atomic E-state index is 13.4. The third-order valence-corrected chi connectivity index (χ3v) is 8.49. The van der Waals surface area contributed by atoms with Crippen molar-refractivity contribution in [1.82, 2.24) is 24.3 Å². The maximum atomic E-state index is 13.4. The van der Waals surface area contributed by atoms with Crippen molar-refractivity contribution in [1.29, 1.82) is 0 Å². The highest BCUT2D eigenvalue weighted by Gasteiger charge is 2.43. The first-order chi connectivity index (χ1) is 23.5. The van der Waals surface area contributed by atoms with Crippen LogP contribution in [0.3, 0.4) is 0 Å². The molecule has 2 fully saturated rings. The van der Waals surface area contributed by atoms with Gasteiger partial charge >= 0.3 is 36.4 Å². The molecule has 0 atom stereocenters. The molecule has 1 saturated heterocycles. The van der Waals surface area contributed by atoms with E-state index in [1.54, 1.807) is 6.20 Å². The fraction of sp³-hybridized carbons (Fsp3) is 0.600. The molecule has 5 heterocycles. The minimum Gasteiger partial charge on any atom is -0.475 e. The fourth-order valence-electron chi connectivity index (χ4n) is 5.74. The van der Waals surface area contributed by atoms with E-state index in [4.69, 9.17) is 34.7 Å². The summed E-state index contributed by atoms with van der Waals surface area (Å²) in [7, 11) is 0.